The number of hydrogen-bond donors (Lipinski definition) is 2. The molecule has 0 spiro atoms. The molecule has 7 heteroatoms. The van der Waals surface area contributed by atoms with Gasteiger partial charge in [0.1, 0.15) is 5.82 Å². The number of thioether (sulfide) groups is 1. The van der Waals surface area contributed by atoms with Gasteiger partial charge in [-0.3, -0.25) is 4.99 Å². The third kappa shape index (κ3) is 6.06. The van der Waals surface area contributed by atoms with Crippen molar-refractivity contribution < 1.29 is 4.39 Å². The van der Waals surface area contributed by atoms with Crippen LogP contribution in [0.3, 0.4) is 0 Å². The Morgan fingerprint density at radius 3 is 2.61 bits per heavy atom. The highest BCUT2D eigenvalue weighted by Crippen LogP contribution is 2.21. The maximum absolute atomic E-state index is 13.4. The SMILES string of the molecule is CN=C(NCc1ccn(C)c1)NCc1cc(F)ccc1SC.I. The summed E-state index contributed by atoms with van der Waals surface area (Å²) in [6.45, 7) is 1.22. The molecule has 2 rings (SSSR count). The van der Waals surface area contributed by atoms with Gasteiger partial charge < -0.3 is 15.2 Å². The predicted octanol–water partition coefficient (Wildman–Crippen LogP) is 3.37. The Kier molecular flexibility index (Phi) is 8.46. The second kappa shape index (κ2) is 9.82. The zero-order chi connectivity index (χ0) is 15.9. The van der Waals surface area contributed by atoms with Crippen LogP contribution in [0.25, 0.3) is 0 Å². The monoisotopic (exact) mass is 448 g/mol. The van der Waals surface area contributed by atoms with E-state index in [9.17, 15) is 4.39 Å². The molecule has 1 aromatic carbocycles. The van der Waals surface area contributed by atoms with Crippen LogP contribution >= 0.6 is 35.7 Å². The van der Waals surface area contributed by atoms with Crippen LogP contribution < -0.4 is 10.6 Å². The number of aryl methyl sites for hydroxylation is 1. The van der Waals surface area contributed by atoms with Crippen LogP contribution in [0.15, 0.2) is 46.5 Å². The van der Waals surface area contributed by atoms with Gasteiger partial charge in [-0.2, -0.15) is 0 Å². The number of nitrogens with one attached hydrogen (secondary N) is 2. The minimum atomic E-state index is -0.221. The first-order valence-corrected chi connectivity index (χ1v) is 8.22. The number of guanidine groups is 1. The van der Waals surface area contributed by atoms with Gasteiger partial charge >= 0.3 is 0 Å². The van der Waals surface area contributed by atoms with Crippen molar-refractivity contribution in [3.05, 3.63) is 53.6 Å². The minimum absolute atomic E-state index is 0. The van der Waals surface area contributed by atoms with Crippen LogP contribution in [-0.2, 0) is 20.1 Å². The number of halogens is 2. The van der Waals surface area contributed by atoms with E-state index in [1.165, 1.54) is 11.6 Å². The lowest BCUT2D eigenvalue weighted by Crippen LogP contribution is -2.36. The molecule has 23 heavy (non-hydrogen) atoms. The first kappa shape index (κ1) is 19.8. The molecule has 126 valence electrons. The molecule has 1 heterocycles. The zero-order valence-electron chi connectivity index (χ0n) is 13.5. The van der Waals surface area contributed by atoms with Crippen LogP contribution in [0.2, 0.25) is 0 Å². The first-order valence-electron chi connectivity index (χ1n) is 7.00. The molecule has 0 saturated carbocycles. The highest BCUT2D eigenvalue weighted by atomic mass is 127. The number of nitrogens with zero attached hydrogens (tertiary/aromatic N) is 2. The Balaban J connectivity index is 0.00000264. The number of aliphatic imine (C=N–C) groups is 1. The lowest BCUT2D eigenvalue weighted by molar-refractivity contribution is 0.622. The molecule has 2 aromatic rings. The van der Waals surface area contributed by atoms with Crippen LogP contribution in [0.1, 0.15) is 11.1 Å². The summed E-state index contributed by atoms with van der Waals surface area (Å²) in [5, 5.41) is 6.46. The van der Waals surface area contributed by atoms with Gasteiger partial charge in [0.2, 0.25) is 0 Å². The number of rotatable bonds is 5. The van der Waals surface area contributed by atoms with Gasteiger partial charge in [-0.05, 0) is 41.6 Å². The third-order valence-electron chi connectivity index (χ3n) is 3.27. The summed E-state index contributed by atoms with van der Waals surface area (Å²) < 4.78 is 15.4. The minimum Gasteiger partial charge on any atom is -0.357 e. The fourth-order valence-electron chi connectivity index (χ4n) is 2.14. The van der Waals surface area contributed by atoms with Crippen molar-refractivity contribution in [1.82, 2.24) is 15.2 Å². The van der Waals surface area contributed by atoms with E-state index < -0.39 is 0 Å². The summed E-state index contributed by atoms with van der Waals surface area (Å²) in [6.07, 6.45) is 6.04. The van der Waals surface area contributed by atoms with Gasteiger partial charge in [-0.1, -0.05) is 0 Å². The smallest absolute Gasteiger partial charge is 0.191 e. The Morgan fingerprint density at radius 2 is 2.00 bits per heavy atom. The Bertz CT molecular complexity index is 657. The van der Waals surface area contributed by atoms with E-state index in [-0.39, 0.29) is 29.8 Å². The molecule has 0 saturated heterocycles. The largest absolute Gasteiger partial charge is 0.357 e. The average molecular weight is 448 g/mol. The molecule has 2 N–H and O–H groups in total. The molecule has 0 amide bonds. The highest BCUT2D eigenvalue weighted by molar-refractivity contribution is 14.0. The van der Waals surface area contributed by atoms with Gasteiger partial charge in [0.15, 0.2) is 5.96 Å². The topological polar surface area (TPSA) is 41.4 Å². The van der Waals surface area contributed by atoms with Gasteiger partial charge in [0.25, 0.3) is 0 Å². The zero-order valence-corrected chi connectivity index (χ0v) is 16.6. The van der Waals surface area contributed by atoms with E-state index >= 15 is 0 Å². The summed E-state index contributed by atoms with van der Waals surface area (Å²) in [4.78, 5) is 5.25. The fourth-order valence-corrected chi connectivity index (χ4v) is 2.73. The lowest BCUT2D eigenvalue weighted by atomic mass is 10.2. The molecule has 0 bridgehead atoms. The molecule has 0 aliphatic rings. The van der Waals surface area contributed by atoms with Crippen LogP contribution in [0, 0.1) is 5.82 Å². The molecule has 4 nitrogen and oxygen atoms in total. The second-order valence-electron chi connectivity index (χ2n) is 4.92. The van der Waals surface area contributed by atoms with Crippen molar-refractivity contribution in [2.45, 2.75) is 18.0 Å². The molecule has 0 atom stereocenters. The first-order chi connectivity index (χ1) is 10.6. The summed E-state index contributed by atoms with van der Waals surface area (Å²) in [7, 11) is 3.71. The molecule has 1 aromatic heterocycles. The number of aromatic nitrogens is 1. The molecule has 0 aliphatic heterocycles. The quantitative estimate of drug-likeness (QED) is 0.319. The van der Waals surface area contributed by atoms with Crippen LogP contribution in [-0.4, -0.2) is 23.8 Å². The Morgan fingerprint density at radius 1 is 1.26 bits per heavy atom. The van der Waals surface area contributed by atoms with E-state index in [1.807, 2.05) is 24.1 Å². The van der Waals surface area contributed by atoms with Crippen molar-refractivity contribution in [2.24, 2.45) is 12.0 Å². The molecule has 0 fully saturated rings. The van der Waals surface area contributed by atoms with Gasteiger partial charge in [-0.25, -0.2) is 4.39 Å². The number of benzene rings is 1. The normalized spacial score (nSPS) is 11.0. The van der Waals surface area contributed by atoms with Crippen LogP contribution in [0.5, 0.6) is 0 Å². The lowest BCUT2D eigenvalue weighted by Gasteiger charge is -2.13. The molecular formula is C16H22FIN4S. The Hall–Kier alpha value is -1.22. The van der Waals surface area contributed by atoms with E-state index in [4.69, 9.17) is 0 Å². The van der Waals surface area contributed by atoms with Crippen molar-refractivity contribution in [1.29, 1.82) is 0 Å². The van der Waals surface area contributed by atoms with Gasteiger partial charge in [0.05, 0.1) is 0 Å². The molecule has 0 aliphatic carbocycles. The fraction of sp³-hybridized carbons (Fsp3) is 0.312. The molecule has 0 radical (unpaired) electrons. The summed E-state index contributed by atoms with van der Waals surface area (Å²) in [6, 6.07) is 6.90. The van der Waals surface area contributed by atoms with E-state index in [0.717, 1.165) is 10.5 Å². The maximum atomic E-state index is 13.4. The Labute approximate surface area is 158 Å². The summed E-state index contributed by atoms with van der Waals surface area (Å²) >= 11 is 1.61. The second-order valence-corrected chi connectivity index (χ2v) is 5.77. The maximum Gasteiger partial charge on any atom is 0.191 e. The van der Waals surface area contributed by atoms with Crippen LogP contribution in [0.4, 0.5) is 4.39 Å². The number of hydrogen-bond acceptors (Lipinski definition) is 2. The van der Waals surface area contributed by atoms with E-state index in [1.54, 1.807) is 30.9 Å². The van der Waals surface area contributed by atoms with Crippen molar-refractivity contribution in [3.8, 4) is 0 Å². The standard InChI is InChI=1S/C16H21FN4S.HI/c1-18-16(19-9-12-6-7-21(2)11-12)20-10-13-8-14(17)4-5-15(13)22-3;/h4-8,11H,9-10H2,1-3H3,(H2,18,19,20);1H. The van der Waals surface area contributed by atoms with Gasteiger partial charge in [-0.15, -0.1) is 35.7 Å². The average Bonchev–Trinajstić information content (AvgIpc) is 2.93. The van der Waals surface area contributed by atoms with Crippen molar-refractivity contribution in [3.63, 3.8) is 0 Å². The summed E-state index contributed by atoms with van der Waals surface area (Å²) in [5.41, 5.74) is 2.11. The molecular weight excluding hydrogens is 426 g/mol. The van der Waals surface area contributed by atoms with Gasteiger partial charge in [0, 0.05) is 44.5 Å². The van der Waals surface area contributed by atoms with Crippen molar-refractivity contribution in [2.75, 3.05) is 13.3 Å². The van der Waals surface area contributed by atoms with E-state index in [2.05, 4.69) is 27.9 Å². The highest BCUT2D eigenvalue weighted by Gasteiger charge is 2.05. The third-order valence-corrected chi connectivity index (χ3v) is 4.10. The summed E-state index contributed by atoms with van der Waals surface area (Å²) in [5.74, 6) is 0.474. The predicted molar refractivity (Wildman–Crippen MR) is 106 cm³/mol. The molecule has 0 unspecified atom stereocenters. The van der Waals surface area contributed by atoms with E-state index in [0.29, 0.717) is 19.0 Å². The van der Waals surface area contributed by atoms with Crippen molar-refractivity contribution >= 4 is 41.7 Å².